The molecule has 2 aromatic rings. The molecule has 4 rings (SSSR count). The van der Waals surface area contributed by atoms with Crippen molar-refractivity contribution in [2.75, 3.05) is 12.9 Å². The van der Waals surface area contributed by atoms with Gasteiger partial charge in [-0.15, -0.1) is 5.10 Å². The van der Waals surface area contributed by atoms with Crippen molar-refractivity contribution in [1.29, 1.82) is 5.41 Å². The molecular formula is C23H20N4O6S2. The number of nitrogens with one attached hydrogen (secondary N) is 1. The molecule has 0 fully saturated rings. The molecule has 0 saturated heterocycles. The average Bonchev–Trinajstić information content (AvgIpc) is 3.23. The Morgan fingerprint density at radius 3 is 2.66 bits per heavy atom. The summed E-state index contributed by atoms with van der Waals surface area (Å²) in [4.78, 5) is 29.0. The van der Waals surface area contributed by atoms with E-state index in [9.17, 15) is 18.0 Å². The van der Waals surface area contributed by atoms with Gasteiger partial charge in [0.25, 0.3) is 5.91 Å². The molecule has 12 heteroatoms. The average molecular weight is 513 g/mol. The van der Waals surface area contributed by atoms with Crippen LogP contribution in [0.4, 0.5) is 0 Å². The Morgan fingerprint density at radius 2 is 1.97 bits per heavy atom. The van der Waals surface area contributed by atoms with E-state index in [1.807, 2.05) is 13.0 Å². The molecule has 1 N–H and O–H groups in total. The van der Waals surface area contributed by atoms with E-state index in [1.54, 1.807) is 37.3 Å². The Morgan fingerprint density at radius 1 is 1.20 bits per heavy atom. The van der Waals surface area contributed by atoms with Crippen molar-refractivity contribution >= 4 is 54.9 Å². The van der Waals surface area contributed by atoms with Crippen molar-refractivity contribution in [3.63, 3.8) is 0 Å². The summed E-state index contributed by atoms with van der Waals surface area (Å²) in [6.45, 7) is 3.94. The van der Waals surface area contributed by atoms with Crippen LogP contribution in [0.5, 0.6) is 11.5 Å². The number of esters is 1. The summed E-state index contributed by atoms with van der Waals surface area (Å²) in [7, 11) is -3.62. The molecule has 2 aromatic carbocycles. The number of hydrazone groups is 1. The van der Waals surface area contributed by atoms with Gasteiger partial charge in [0.15, 0.2) is 17.3 Å². The van der Waals surface area contributed by atoms with E-state index in [0.29, 0.717) is 29.5 Å². The molecule has 0 atom stereocenters. The van der Waals surface area contributed by atoms with E-state index in [0.717, 1.165) is 16.8 Å². The summed E-state index contributed by atoms with van der Waals surface area (Å²) in [5, 5.41) is 13.3. The van der Waals surface area contributed by atoms with Gasteiger partial charge < -0.3 is 9.47 Å². The van der Waals surface area contributed by atoms with Crippen LogP contribution in [0, 0.1) is 12.3 Å². The van der Waals surface area contributed by atoms with Crippen LogP contribution < -0.4 is 9.47 Å². The number of hydrogen-bond donors (Lipinski definition) is 1. The number of carbonyl (C=O) groups excluding carboxylic acids is 2. The highest BCUT2D eigenvalue weighted by atomic mass is 32.3. The summed E-state index contributed by atoms with van der Waals surface area (Å²) < 4.78 is 34.5. The van der Waals surface area contributed by atoms with Crippen LogP contribution in [0.15, 0.2) is 58.1 Å². The fourth-order valence-electron chi connectivity index (χ4n) is 3.19. The van der Waals surface area contributed by atoms with Gasteiger partial charge in [-0.2, -0.15) is 10.0 Å². The standard InChI is InChI=1S/C23H20N4O6S2/c1-4-32-18-12-14(8-9-17(18)33-21(29)15-7-5-6-13(2)10-15)11-16-19(24)27-22(25-20(16)28)34-23(26-27)35(3,30)31/h5-12,24H,4H2,1-3H3. The summed E-state index contributed by atoms with van der Waals surface area (Å²) in [5.41, 5.74) is 1.71. The number of benzene rings is 2. The maximum atomic E-state index is 12.6. The summed E-state index contributed by atoms with van der Waals surface area (Å²) in [6, 6.07) is 11.7. The van der Waals surface area contributed by atoms with Crippen LogP contribution in [-0.4, -0.2) is 53.5 Å². The SMILES string of the molecule is CCOc1cc(C=C2C(=N)N3N=C(S(C)(=O)=O)SC3=NC2=O)ccc1OC(=O)c1cccc(C)c1. The number of aryl methyl sites for hydroxylation is 1. The molecule has 0 saturated carbocycles. The number of sulfone groups is 1. The molecular weight excluding hydrogens is 492 g/mol. The third-order valence-electron chi connectivity index (χ3n) is 4.79. The molecule has 0 radical (unpaired) electrons. The molecule has 10 nitrogen and oxygen atoms in total. The largest absolute Gasteiger partial charge is 0.490 e. The molecule has 35 heavy (non-hydrogen) atoms. The van der Waals surface area contributed by atoms with Crippen LogP contribution in [0.25, 0.3) is 6.08 Å². The third-order valence-corrected chi connectivity index (χ3v) is 7.37. The van der Waals surface area contributed by atoms with Gasteiger partial charge in [-0.25, -0.2) is 13.2 Å². The monoisotopic (exact) mass is 512 g/mol. The van der Waals surface area contributed by atoms with Gasteiger partial charge in [0.1, 0.15) is 0 Å². The Kier molecular flexibility index (Phi) is 6.59. The van der Waals surface area contributed by atoms with Crippen LogP contribution >= 0.6 is 11.8 Å². The lowest BCUT2D eigenvalue weighted by atomic mass is 10.1. The van der Waals surface area contributed by atoms with Crippen LogP contribution in [0.1, 0.15) is 28.4 Å². The molecule has 0 aromatic heterocycles. The third kappa shape index (κ3) is 5.17. The molecule has 0 spiro atoms. The number of amidine groups is 2. The lowest BCUT2D eigenvalue weighted by Crippen LogP contribution is -2.35. The van der Waals surface area contributed by atoms with E-state index in [4.69, 9.17) is 14.9 Å². The fourth-order valence-corrected chi connectivity index (χ4v) is 4.87. The summed E-state index contributed by atoms with van der Waals surface area (Å²) in [6.07, 6.45) is 2.40. The molecule has 0 bridgehead atoms. The number of amides is 1. The Labute approximate surface area is 205 Å². The predicted molar refractivity (Wildman–Crippen MR) is 134 cm³/mol. The minimum absolute atomic E-state index is 0.00555. The van der Waals surface area contributed by atoms with E-state index < -0.39 is 21.7 Å². The van der Waals surface area contributed by atoms with Crippen molar-refractivity contribution in [3.8, 4) is 11.5 Å². The second kappa shape index (κ2) is 9.47. The number of carbonyl (C=O) groups is 2. The zero-order valence-corrected chi connectivity index (χ0v) is 20.6. The minimum Gasteiger partial charge on any atom is -0.490 e. The van der Waals surface area contributed by atoms with Crippen LogP contribution in [0.2, 0.25) is 0 Å². The van der Waals surface area contributed by atoms with Crippen molar-refractivity contribution < 1.29 is 27.5 Å². The molecule has 0 aliphatic carbocycles. The van der Waals surface area contributed by atoms with Gasteiger partial charge in [0.2, 0.25) is 19.4 Å². The lowest BCUT2D eigenvalue weighted by molar-refractivity contribution is -0.114. The minimum atomic E-state index is -3.62. The van der Waals surface area contributed by atoms with Crippen molar-refractivity contribution in [1.82, 2.24) is 5.01 Å². The zero-order valence-electron chi connectivity index (χ0n) is 18.9. The molecule has 2 aliphatic rings. The molecule has 180 valence electrons. The number of nitrogens with zero attached hydrogens (tertiary/aromatic N) is 3. The van der Waals surface area contributed by atoms with Gasteiger partial charge in [0, 0.05) is 6.26 Å². The van der Waals surface area contributed by atoms with Gasteiger partial charge in [0.05, 0.1) is 17.7 Å². The first kappa shape index (κ1) is 24.4. The number of thioether (sulfide) groups is 1. The second-order valence-electron chi connectivity index (χ2n) is 7.56. The Hall–Kier alpha value is -3.77. The van der Waals surface area contributed by atoms with Crippen LogP contribution in [0.3, 0.4) is 0 Å². The smallest absolute Gasteiger partial charge is 0.343 e. The Balaban J connectivity index is 1.63. The van der Waals surface area contributed by atoms with E-state index in [1.165, 1.54) is 12.1 Å². The van der Waals surface area contributed by atoms with Gasteiger partial charge in [-0.3, -0.25) is 10.2 Å². The second-order valence-corrected chi connectivity index (χ2v) is 10.7. The zero-order chi connectivity index (χ0) is 25.3. The van der Waals surface area contributed by atoms with Gasteiger partial charge >= 0.3 is 5.97 Å². The first-order valence-corrected chi connectivity index (χ1v) is 13.0. The van der Waals surface area contributed by atoms with Crippen molar-refractivity contribution in [2.24, 2.45) is 10.1 Å². The Bertz CT molecular complexity index is 1460. The lowest BCUT2D eigenvalue weighted by Gasteiger charge is -2.20. The number of ether oxygens (including phenoxy) is 2. The van der Waals surface area contributed by atoms with Gasteiger partial charge in [-0.05, 0) is 61.5 Å². The van der Waals surface area contributed by atoms with Gasteiger partial charge in [-0.1, -0.05) is 23.8 Å². The molecule has 2 heterocycles. The maximum absolute atomic E-state index is 12.6. The summed E-state index contributed by atoms with van der Waals surface area (Å²) in [5.74, 6) is -1.08. The topological polar surface area (TPSA) is 139 Å². The number of rotatable bonds is 5. The first-order chi connectivity index (χ1) is 16.6. The predicted octanol–water partition coefficient (Wildman–Crippen LogP) is 3.23. The number of hydrogen-bond acceptors (Lipinski definition) is 9. The molecule has 2 aliphatic heterocycles. The normalized spacial score (nSPS) is 16.7. The van der Waals surface area contributed by atoms with E-state index in [2.05, 4.69) is 10.1 Å². The van der Waals surface area contributed by atoms with Crippen LogP contribution in [-0.2, 0) is 14.6 Å². The highest BCUT2D eigenvalue weighted by molar-refractivity contribution is 8.42. The molecule has 1 amide bonds. The highest BCUT2D eigenvalue weighted by Crippen LogP contribution is 2.33. The fraction of sp³-hybridized carbons (Fsp3) is 0.174. The maximum Gasteiger partial charge on any atom is 0.343 e. The molecule has 0 unspecified atom stereocenters. The first-order valence-electron chi connectivity index (χ1n) is 10.3. The van der Waals surface area contributed by atoms with E-state index in [-0.39, 0.29) is 32.5 Å². The van der Waals surface area contributed by atoms with E-state index >= 15 is 0 Å². The quantitative estimate of drug-likeness (QED) is 0.366. The summed E-state index contributed by atoms with van der Waals surface area (Å²) >= 11 is 0.714. The number of fused-ring (bicyclic) bond motifs is 1. The number of aliphatic imine (C=N–C) groups is 1. The highest BCUT2D eigenvalue weighted by Gasteiger charge is 2.38. The van der Waals surface area contributed by atoms with Crippen molar-refractivity contribution in [3.05, 3.63) is 64.7 Å². The van der Waals surface area contributed by atoms with Crippen molar-refractivity contribution in [2.45, 2.75) is 13.8 Å².